The second-order valence-electron chi connectivity index (χ2n) is 8.36. The lowest BCUT2D eigenvalue weighted by atomic mass is 9.63. The van der Waals surface area contributed by atoms with E-state index in [1.54, 1.807) is 0 Å². The van der Waals surface area contributed by atoms with Gasteiger partial charge in [-0.1, -0.05) is 41.5 Å². The minimum absolute atomic E-state index is 0.470. The van der Waals surface area contributed by atoms with Crippen molar-refractivity contribution in [1.82, 2.24) is 5.32 Å². The van der Waals surface area contributed by atoms with E-state index in [-0.39, 0.29) is 0 Å². The molecular formula is C17H35NO. The molecule has 2 heteroatoms. The molecule has 0 saturated heterocycles. The summed E-state index contributed by atoms with van der Waals surface area (Å²) in [4.78, 5) is 0. The molecule has 0 aromatic heterocycles. The van der Waals surface area contributed by atoms with Crippen LogP contribution in [0.4, 0.5) is 0 Å². The van der Waals surface area contributed by atoms with E-state index in [9.17, 15) is 0 Å². The third kappa shape index (κ3) is 7.31. The van der Waals surface area contributed by atoms with E-state index in [0.717, 1.165) is 25.7 Å². The van der Waals surface area contributed by atoms with Crippen LogP contribution in [-0.4, -0.2) is 25.8 Å². The third-order valence-electron chi connectivity index (χ3n) is 4.07. The normalized spacial score (nSPS) is 22.9. The van der Waals surface area contributed by atoms with Crippen molar-refractivity contribution < 1.29 is 4.74 Å². The smallest absolute Gasteiger partial charge is 0.0591 e. The van der Waals surface area contributed by atoms with Gasteiger partial charge in [-0.3, -0.25) is 0 Å². The van der Waals surface area contributed by atoms with Crippen LogP contribution in [0.25, 0.3) is 0 Å². The summed E-state index contributed by atoms with van der Waals surface area (Å²) in [5.74, 6) is 0.743. The highest BCUT2D eigenvalue weighted by molar-refractivity contribution is 4.92. The van der Waals surface area contributed by atoms with Gasteiger partial charge in [0.15, 0.2) is 0 Å². The van der Waals surface area contributed by atoms with Gasteiger partial charge in [-0.15, -0.1) is 0 Å². The molecule has 0 bridgehead atoms. The molecule has 0 heterocycles. The van der Waals surface area contributed by atoms with Crippen LogP contribution in [0, 0.1) is 16.7 Å². The first-order valence-electron chi connectivity index (χ1n) is 8.01. The molecule has 1 aliphatic rings. The van der Waals surface area contributed by atoms with E-state index in [0.29, 0.717) is 16.9 Å². The Kier molecular flexibility index (Phi) is 6.32. The number of hydrogen-bond acceptors (Lipinski definition) is 2. The standard InChI is InChI=1S/C17H35NO/c1-14(2)7-9-19-10-8-18-15-11-16(3,4)13-17(5,6)12-15/h14-15,18H,7-13H2,1-6H3. The van der Waals surface area contributed by atoms with E-state index in [2.05, 4.69) is 46.9 Å². The molecule has 0 aliphatic heterocycles. The second kappa shape index (κ2) is 7.08. The monoisotopic (exact) mass is 269 g/mol. The Hall–Kier alpha value is -0.0800. The summed E-state index contributed by atoms with van der Waals surface area (Å²) in [5.41, 5.74) is 0.940. The molecule has 19 heavy (non-hydrogen) atoms. The summed E-state index contributed by atoms with van der Waals surface area (Å²) in [5, 5.41) is 3.70. The van der Waals surface area contributed by atoms with Gasteiger partial charge in [-0.25, -0.2) is 0 Å². The van der Waals surface area contributed by atoms with E-state index in [1.807, 2.05) is 0 Å². The van der Waals surface area contributed by atoms with Crippen LogP contribution in [0.5, 0.6) is 0 Å². The van der Waals surface area contributed by atoms with Crippen LogP contribution < -0.4 is 5.32 Å². The topological polar surface area (TPSA) is 21.3 Å². The van der Waals surface area contributed by atoms with Crippen LogP contribution in [0.3, 0.4) is 0 Å². The molecular weight excluding hydrogens is 234 g/mol. The highest BCUT2D eigenvalue weighted by atomic mass is 16.5. The van der Waals surface area contributed by atoms with Crippen LogP contribution in [0.1, 0.15) is 67.2 Å². The minimum atomic E-state index is 0.470. The van der Waals surface area contributed by atoms with Crippen molar-refractivity contribution in [3.63, 3.8) is 0 Å². The van der Waals surface area contributed by atoms with Gasteiger partial charge in [0.1, 0.15) is 0 Å². The van der Waals surface area contributed by atoms with Gasteiger partial charge < -0.3 is 10.1 Å². The van der Waals surface area contributed by atoms with Gasteiger partial charge in [-0.2, -0.15) is 0 Å². The Morgan fingerprint density at radius 2 is 1.63 bits per heavy atom. The molecule has 0 aromatic carbocycles. The number of ether oxygens (including phenoxy) is 1. The summed E-state index contributed by atoms with van der Waals surface area (Å²) in [6.45, 7) is 16.9. The van der Waals surface area contributed by atoms with Crippen LogP contribution in [0.15, 0.2) is 0 Å². The lowest BCUT2D eigenvalue weighted by molar-refractivity contribution is 0.0754. The summed E-state index contributed by atoms with van der Waals surface area (Å²) >= 11 is 0. The first kappa shape index (κ1) is 17.0. The zero-order valence-electron chi connectivity index (χ0n) is 14.0. The average Bonchev–Trinajstić information content (AvgIpc) is 2.18. The molecule has 0 radical (unpaired) electrons. The SMILES string of the molecule is CC(C)CCOCCNC1CC(C)(C)CC(C)(C)C1. The Balaban J connectivity index is 2.18. The molecule has 1 rings (SSSR count). The lowest BCUT2D eigenvalue weighted by Gasteiger charge is -2.45. The van der Waals surface area contributed by atoms with Gasteiger partial charge in [0, 0.05) is 19.2 Å². The Bertz CT molecular complexity index is 242. The predicted octanol–water partition coefficient (Wildman–Crippen LogP) is 4.24. The maximum absolute atomic E-state index is 5.68. The molecule has 2 nitrogen and oxygen atoms in total. The zero-order valence-corrected chi connectivity index (χ0v) is 14.0. The molecule has 114 valence electrons. The fourth-order valence-corrected chi connectivity index (χ4v) is 3.75. The fourth-order valence-electron chi connectivity index (χ4n) is 3.75. The van der Waals surface area contributed by atoms with Crippen LogP contribution in [0.2, 0.25) is 0 Å². The van der Waals surface area contributed by atoms with Crippen molar-refractivity contribution in [2.75, 3.05) is 19.8 Å². The maximum Gasteiger partial charge on any atom is 0.0591 e. The summed E-state index contributed by atoms with van der Waals surface area (Å²) in [7, 11) is 0. The summed E-state index contributed by atoms with van der Waals surface area (Å²) < 4.78 is 5.68. The van der Waals surface area contributed by atoms with E-state index >= 15 is 0 Å². The predicted molar refractivity (Wildman–Crippen MR) is 83.5 cm³/mol. The van der Waals surface area contributed by atoms with Crippen molar-refractivity contribution in [2.24, 2.45) is 16.7 Å². The zero-order chi connectivity index (χ0) is 14.5. The molecule has 0 aromatic rings. The molecule has 1 aliphatic carbocycles. The van der Waals surface area contributed by atoms with Crippen molar-refractivity contribution in [3.05, 3.63) is 0 Å². The first-order valence-corrected chi connectivity index (χ1v) is 8.01. The van der Waals surface area contributed by atoms with Crippen molar-refractivity contribution in [1.29, 1.82) is 0 Å². The molecule has 1 N–H and O–H groups in total. The van der Waals surface area contributed by atoms with Gasteiger partial charge in [0.2, 0.25) is 0 Å². The number of nitrogens with one attached hydrogen (secondary N) is 1. The first-order chi connectivity index (χ1) is 8.70. The van der Waals surface area contributed by atoms with E-state index in [4.69, 9.17) is 4.74 Å². The highest BCUT2D eigenvalue weighted by Crippen LogP contribution is 2.45. The average molecular weight is 269 g/mol. The van der Waals surface area contributed by atoms with Gasteiger partial charge in [0.05, 0.1) is 6.61 Å². The maximum atomic E-state index is 5.68. The number of rotatable bonds is 7. The molecule has 0 spiro atoms. The van der Waals surface area contributed by atoms with E-state index in [1.165, 1.54) is 25.7 Å². The van der Waals surface area contributed by atoms with Crippen LogP contribution in [-0.2, 0) is 4.74 Å². The van der Waals surface area contributed by atoms with Gasteiger partial charge in [-0.05, 0) is 42.4 Å². The van der Waals surface area contributed by atoms with Gasteiger partial charge in [0.25, 0.3) is 0 Å². The van der Waals surface area contributed by atoms with Gasteiger partial charge >= 0.3 is 0 Å². The fraction of sp³-hybridized carbons (Fsp3) is 1.00. The minimum Gasteiger partial charge on any atom is -0.380 e. The van der Waals surface area contributed by atoms with Crippen molar-refractivity contribution in [3.8, 4) is 0 Å². The Morgan fingerprint density at radius 1 is 1.05 bits per heavy atom. The summed E-state index contributed by atoms with van der Waals surface area (Å²) in [6.07, 6.45) is 5.09. The van der Waals surface area contributed by atoms with Crippen molar-refractivity contribution >= 4 is 0 Å². The summed E-state index contributed by atoms with van der Waals surface area (Å²) in [6, 6.07) is 0.660. The largest absolute Gasteiger partial charge is 0.380 e. The van der Waals surface area contributed by atoms with Crippen molar-refractivity contribution in [2.45, 2.75) is 73.3 Å². The molecule has 1 fully saturated rings. The Morgan fingerprint density at radius 3 is 2.16 bits per heavy atom. The lowest BCUT2D eigenvalue weighted by Crippen LogP contribution is -2.44. The molecule has 0 unspecified atom stereocenters. The Labute approximate surface area is 120 Å². The van der Waals surface area contributed by atoms with E-state index < -0.39 is 0 Å². The second-order valence-corrected chi connectivity index (χ2v) is 8.36. The molecule has 0 amide bonds. The molecule has 1 saturated carbocycles. The quantitative estimate of drug-likeness (QED) is 0.698. The molecule has 0 atom stereocenters. The third-order valence-corrected chi connectivity index (χ3v) is 4.07. The highest BCUT2D eigenvalue weighted by Gasteiger charge is 2.37. The van der Waals surface area contributed by atoms with Crippen LogP contribution >= 0.6 is 0 Å². The number of hydrogen-bond donors (Lipinski definition) is 1.